The lowest BCUT2D eigenvalue weighted by atomic mass is 10.1. The van der Waals surface area contributed by atoms with Crippen molar-refractivity contribution in [2.75, 3.05) is 11.9 Å². The second-order valence-electron chi connectivity index (χ2n) is 6.02. The zero-order chi connectivity index (χ0) is 18.7. The molecule has 2 aromatic carbocycles. The molecule has 1 aromatic heterocycles. The number of benzene rings is 2. The lowest BCUT2D eigenvalue weighted by Gasteiger charge is -2.11. The first-order chi connectivity index (χ1) is 12.4. The number of aryl methyl sites for hydroxylation is 2. The van der Waals surface area contributed by atoms with Crippen molar-refractivity contribution < 1.29 is 13.2 Å². The van der Waals surface area contributed by atoms with Gasteiger partial charge in [-0.25, -0.2) is 13.1 Å². The van der Waals surface area contributed by atoms with Gasteiger partial charge >= 0.3 is 0 Å². The summed E-state index contributed by atoms with van der Waals surface area (Å²) in [6.45, 7) is 3.48. The number of rotatable bonds is 5. The Bertz CT molecular complexity index is 1070. The summed E-state index contributed by atoms with van der Waals surface area (Å²) in [6, 6.07) is 14.1. The molecule has 2 N–H and O–H groups in total. The van der Waals surface area contributed by atoms with Crippen LogP contribution in [0.1, 0.15) is 11.1 Å². The molecule has 0 atom stereocenters. The quantitative estimate of drug-likeness (QED) is 0.724. The number of nitrogens with zero attached hydrogens (tertiary/aromatic N) is 1. The zero-order valence-electron chi connectivity index (χ0n) is 14.5. The van der Waals surface area contributed by atoms with E-state index in [0.717, 1.165) is 16.5 Å². The third kappa shape index (κ3) is 3.89. The van der Waals surface area contributed by atoms with Gasteiger partial charge < -0.3 is 5.32 Å². The van der Waals surface area contributed by atoms with Crippen LogP contribution in [0, 0.1) is 13.8 Å². The van der Waals surface area contributed by atoms with Crippen molar-refractivity contribution in [1.29, 1.82) is 0 Å². The van der Waals surface area contributed by atoms with Gasteiger partial charge in [0.1, 0.15) is 4.90 Å². The van der Waals surface area contributed by atoms with E-state index in [9.17, 15) is 13.2 Å². The molecule has 1 heterocycles. The van der Waals surface area contributed by atoms with Crippen LogP contribution in [0.15, 0.2) is 59.6 Å². The molecule has 0 aliphatic rings. The van der Waals surface area contributed by atoms with Crippen molar-refractivity contribution in [1.82, 2.24) is 9.71 Å². The van der Waals surface area contributed by atoms with Crippen LogP contribution in [0.2, 0.25) is 0 Å². The lowest BCUT2D eigenvalue weighted by molar-refractivity contribution is -0.115. The number of fused-ring (bicyclic) bond motifs is 1. The predicted octanol–water partition coefficient (Wildman–Crippen LogP) is 2.77. The normalized spacial score (nSPS) is 11.5. The van der Waals surface area contributed by atoms with Gasteiger partial charge in [-0.05, 0) is 37.6 Å². The molecule has 1 amide bonds. The number of carbonyl (C=O) groups is 1. The number of nitrogens with one attached hydrogen (secondary N) is 2. The molecule has 0 fully saturated rings. The first kappa shape index (κ1) is 18.0. The summed E-state index contributed by atoms with van der Waals surface area (Å²) in [5.74, 6) is -0.436. The van der Waals surface area contributed by atoms with Crippen LogP contribution in [0.25, 0.3) is 10.9 Å². The Kier molecular flexibility index (Phi) is 5.01. The average molecular weight is 369 g/mol. The molecule has 0 spiro atoms. The number of hydrogen-bond acceptors (Lipinski definition) is 4. The number of amides is 1. The van der Waals surface area contributed by atoms with Gasteiger partial charge in [0.05, 0.1) is 12.1 Å². The number of para-hydroxylation sites is 1. The second kappa shape index (κ2) is 7.23. The van der Waals surface area contributed by atoms with Crippen LogP contribution in [0.5, 0.6) is 0 Å². The molecule has 6 nitrogen and oxygen atoms in total. The van der Waals surface area contributed by atoms with Crippen LogP contribution in [-0.2, 0) is 14.8 Å². The maximum absolute atomic E-state index is 12.6. The summed E-state index contributed by atoms with van der Waals surface area (Å²) in [5, 5.41) is 3.43. The first-order valence-corrected chi connectivity index (χ1v) is 9.56. The predicted molar refractivity (Wildman–Crippen MR) is 101 cm³/mol. The van der Waals surface area contributed by atoms with E-state index in [1.807, 2.05) is 26.0 Å². The minimum Gasteiger partial charge on any atom is -0.325 e. The van der Waals surface area contributed by atoms with Crippen LogP contribution in [0.3, 0.4) is 0 Å². The second-order valence-corrected chi connectivity index (χ2v) is 7.76. The lowest BCUT2D eigenvalue weighted by Crippen LogP contribution is -2.33. The Labute approximate surface area is 152 Å². The standard InChI is InChI=1S/C19H19N3O3S/c1-13-8-9-16(14(2)11-13)22-18(23)12-21-26(24,25)17-7-3-5-15-6-4-10-20-19(15)17/h3-11,21H,12H2,1-2H3,(H,22,23). The molecule has 7 heteroatoms. The highest BCUT2D eigenvalue weighted by Crippen LogP contribution is 2.20. The Morgan fingerprint density at radius 2 is 1.85 bits per heavy atom. The minimum absolute atomic E-state index is 0.0508. The third-order valence-electron chi connectivity index (χ3n) is 3.96. The number of hydrogen-bond donors (Lipinski definition) is 2. The summed E-state index contributed by atoms with van der Waals surface area (Å²) >= 11 is 0. The van der Waals surface area contributed by atoms with E-state index >= 15 is 0 Å². The Hall–Kier alpha value is -2.77. The molecule has 0 bridgehead atoms. The number of aromatic nitrogens is 1. The maximum Gasteiger partial charge on any atom is 0.243 e. The van der Waals surface area contributed by atoms with E-state index in [2.05, 4.69) is 15.0 Å². The van der Waals surface area contributed by atoms with Crippen LogP contribution in [-0.4, -0.2) is 25.9 Å². The summed E-state index contributed by atoms with van der Waals surface area (Å²) in [6.07, 6.45) is 1.54. The molecular formula is C19H19N3O3S. The third-order valence-corrected chi connectivity index (χ3v) is 5.40. The summed E-state index contributed by atoms with van der Waals surface area (Å²) in [4.78, 5) is 16.3. The smallest absolute Gasteiger partial charge is 0.243 e. The largest absolute Gasteiger partial charge is 0.325 e. The molecule has 0 aliphatic heterocycles. The van der Waals surface area contributed by atoms with E-state index in [0.29, 0.717) is 11.2 Å². The van der Waals surface area contributed by atoms with Crippen molar-refractivity contribution in [3.8, 4) is 0 Å². The maximum atomic E-state index is 12.6. The molecule has 26 heavy (non-hydrogen) atoms. The van der Waals surface area contributed by atoms with Crippen LogP contribution >= 0.6 is 0 Å². The number of pyridine rings is 1. The zero-order valence-corrected chi connectivity index (χ0v) is 15.3. The molecule has 3 aromatic rings. The van der Waals surface area contributed by atoms with Gasteiger partial charge in [0, 0.05) is 17.3 Å². The molecule has 0 saturated carbocycles. The number of anilines is 1. The van der Waals surface area contributed by atoms with Crippen molar-refractivity contribution in [2.24, 2.45) is 0 Å². The van der Waals surface area contributed by atoms with Crippen LogP contribution < -0.4 is 10.0 Å². The highest BCUT2D eigenvalue weighted by Gasteiger charge is 2.19. The fourth-order valence-electron chi connectivity index (χ4n) is 2.68. The molecule has 0 saturated heterocycles. The van der Waals surface area contributed by atoms with E-state index < -0.39 is 15.9 Å². The Balaban J connectivity index is 1.74. The van der Waals surface area contributed by atoms with Crippen molar-refractivity contribution >= 4 is 32.5 Å². The molecule has 134 valence electrons. The molecule has 0 unspecified atom stereocenters. The summed E-state index contributed by atoms with van der Waals surface area (Å²) in [7, 11) is -3.86. The van der Waals surface area contributed by atoms with Crippen molar-refractivity contribution in [3.63, 3.8) is 0 Å². The van der Waals surface area contributed by atoms with Gasteiger partial charge in [-0.3, -0.25) is 9.78 Å². The molecule has 0 radical (unpaired) electrons. The van der Waals surface area contributed by atoms with Gasteiger partial charge in [0.25, 0.3) is 0 Å². The molecular weight excluding hydrogens is 350 g/mol. The van der Waals surface area contributed by atoms with Crippen molar-refractivity contribution in [2.45, 2.75) is 18.7 Å². The van der Waals surface area contributed by atoms with E-state index in [4.69, 9.17) is 0 Å². The summed E-state index contributed by atoms with van der Waals surface area (Å²) in [5.41, 5.74) is 3.04. The number of sulfonamides is 1. The molecule has 0 aliphatic carbocycles. The topological polar surface area (TPSA) is 88.2 Å². The van der Waals surface area contributed by atoms with Gasteiger partial charge in [-0.2, -0.15) is 0 Å². The number of carbonyl (C=O) groups excluding carboxylic acids is 1. The van der Waals surface area contributed by atoms with Crippen LogP contribution in [0.4, 0.5) is 5.69 Å². The van der Waals surface area contributed by atoms with Crippen molar-refractivity contribution in [3.05, 3.63) is 65.9 Å². The highest BCUT2D eigenvalue weighted by molar-refractivity contribution is 7.89. The van der Waals surface area contributed by atoms with E-state index in [-0.39, 0.29) is 11.4 Å². The Morgan fingerprint density at radius 3 is 2.62 bits per heavy atom. The summed E-state index contributed by atoms with van der Waals surface area (Å²) < 4.78 is 27.5. The van der Waals surface area contributed by atoms with Gasteiger partial charge in [-0.1, -0.05) is 35.9 Å². The van der Waals surface area contributed by atoms with Gasteiger partial charge in [0.15, 0.2) is 0 Å². The minimum atomic E-state index is -3.86. The molecule has 3 rings (SSSR count). The fraction of sp³-hybridized carbons (Fsp3) is 0.158. The average Bonchev–Trinajstić information content (AvgIpc) is 2.62. The van der Waals surface area contributed by atoms with Gasteiger partial charge in [-0.15, -0.1) is 0 Å². The Morgan fingerprint density at radius 1 is 1.08 bits per heavy atom. The first-order valence-electron chi connectivity index (χ1n) is 8.07. The highest BCUT2D eigenvalue weighted by atomic mass is 32.2. The van der Waals surface area contributed by atoms with E-state index in [1.165, 1.54) is 12.3 Å². The van der Waals surface area contributed by atoms with Gasteiger partial charge in [0.2, 0.25) is 15.9 Å². The van der Waals surface area contributed by atoms with E-state index in [1.54, 1.807) is 30.3 Å². The monoisotopic (exact) mass is 369 g/mol. The fourth-order valence-corrected chi connectivity index (χ4v) is 3.84. The SMILES string of the molecule is Cc1ccc(NC(=O)CNS(=O)(=O)c2cccc3cccnc23)c(C)c1.